The molecule has 2 aliphatic rings. The molecule has 0 unspecified atom stereocenters. The second-order valence-electron chi connectivity index (χ2n) is 7.88. The monoisotopic (exact) mass is 436 g/mol. The molecule has 1 aliphatic heterocycles. The number of pyridine rings is 1. The smallest absolute Gasteiger partial charge is 0.141 e. The standard InChI is InChI=1S/C28H25FN4/c1-5-18(3)32-17-21(6-2)33-19(4)23(22-10-7-11-26(29)25(22)16-30)15-24-27(33)13-12-20-9-8-14-31-28(20)24/h6-11,14-15,17H,3-5,12-13H2,1-2H3/b21-6+,32-17?. The lowest BCUT2D eigenvalue weighted by atomic mass is 9.84. The van der Waals surface area contributed by atoms with E-state index in [0.717, 1.165) is 53.2 Å². The summed E-state index contributed by atoms with van der Waals surface area (Å²) in [5.74, 6) is -0.552. The van der Waals surface area contributed by atoms with E-state index >= 15 is 0 Å². The van der Waals surface area contributed by atoms with Gasteiger partial charge in [0.1, 0.15) is 11.9 Å². The molecule has 0 saturated carbocycles. The van der Waals surface area contributed by atoms with Crippen LogP contribution in [0.5, 0.6) is 0 Å². The van der Waals surface area contributed by atoms with Crippen LogP contribution in [0.4, 0.5) is 4.39 Å². The van der Waals surface area contributed by atoms with Crippen molar-refractivity contribution in [3.63, 3.8) is 0 Å². The molecule has 4 nitrogen and oxygen atoms in total. The molecular weight excluding hydrogens is 411 g/mol. The highest BCUT2D eigenvalue weighted by Crippen LogP contribution is 2.45. The van der Waals surface area contributed by atoms with Crippen LogP contribution in [0.1, 0.15) is 49.1 Å². The second kappa shape index (κ2) is 9.22. The molecule has 0 fully saturated rings. The summed E-state index contributed by atoms with van der Waals surface area (Å²) in [6, 6.07) is 10.7. The number of nitrogens with zero attached hydrogens (tertiary/aromatic N) is 4. The minimum Gasteiger partial charge on any atom is -0.312 e. The number of rotatable bonds is 5. The van der Waals surface area contributed by atoms with Gasteiger partial charge in [0, 0.05) is 40.0 Å². The first-order chi connectivity index (χ1) is 16.0. The molecule has 164 valence electrons. The van der Waals surface area contributed by atoms with Crippen molar-refractivity contribution in [2.75, 3.05) is 0 Å². The molecule has 5 heteroatoms. The first-order valence-electron chi connectivity index (χ1n) is 11.0. The molecule has 2 aromatic rings. The van der Waals surface area contributed by atoms with E-state index in [0.29, 0.717) is 16.8 Å². The molecule has 1 aliphatic carbocycles. The average molecular weight is 437 g/mol. The quantitative estimate of drug-likeness (QED) is 0.499. The fourth-order valence-electron chi connectivity index (χ4n) is 4.22. The fourth-order valence-corrected chi connectivity index (χ4v) is 4.22. The summed E-state index contributed by atoms with van der Waals surface area (Å²) in [7, 11) is 0. The summed E-state index contributed by atoms with van der Waals surface area (Å²) in [5, 5.41) is 9.67. The third kappa shape index (κ3) is 3.96. The number of hydrogen-bond acceptors (Lipinski definition) is 4. The van der Waals surface area contributed by atoms with Gasteiger partial charge in [0.05, 0.1) is 23.2 Å². The predicted molar refractivity (Wildman–Crippen MR) is 131 cm³/mol. The zero-order valence-corrected chi connectivity index (χ0v) is 18.9. The van der Waals surface area contributed by atoms with E-state index in [9.17, 15) is 9.65 Å². The van der Waals surface area contributed by atoms with E-state index in [1.165, 1.54) is 6.07 Å². The van der Waals surface area contributed by atoms with E-state index in [4.69, 9.17) is 0 Å². The highest BCUT2D eigenvalue weighted by Gasteiger charge is 2.32. The maximum atomic E-state index is 14.5. The molecule has 4 rings (SSSR count). The number of fused-ring (bicyclic) bond motifs is 2. The van der Waals surface area contributed by atoms with Gasteiger partial charge in [-0.1, -0.05) is 44.4 Å². The SMILES string of the molecule is C=C(CC)N=C/C(=C\C)N1C(=C)C(c2cccc(F)c2C#N)=CC2=C1CCc1cccnc12. The Hall–Kier alpha value is -4.04. The van der Waals surface area contributed by atoms with Crippen molar-refractivity contribution in [3.05, 3.63) is 113 Å². The third-order valence-corrected chi connectivity index (χ3v) is 5.98. The fraction of sp³-hybridized carbons (Fsp3) is 0.179. The number of aromatic nitrogens is 1. The highest BCUT2D eigenvalue weighted by atomic mass is 19.1. The van der Waals surface area contributed by atoms with Crippen LogP contribution in [0.15, 0.2) is 89.6 Å². The molecule has 1 aromatic carbocycles. The van der Waals surface area contributed by atoms with E-state index in [1.807, 2.05) is 38.1 Å². The Morgan fingerprint density at radius 2 is 2.12 bits per heavy atom. The number of aryl methyl sites for hydroxylation is 1. The number of halogens is 1. The minimum absolute atomic E-state index is 0.000935. The topological polar surface area (TPSA) is 52.3 Å². The van der Waals surface area contributed by atoms with Crippen molar-refractivity contribution >= 4 is 17.4 Å². The molecule has 0 saturated heterocycles. The Balaban J connectivity index is 1.96. The Labute approximate surface area is 194 Å². The van der Waals surface area contributed by atoms with Crippen molar-refractivity contribution in [1.82, 2.24) is 9.88 Å². The molecule has 0 spiro atoms. The van der Waals surface area contributed by atoms with Gasteiger partial charge >= 0.3 is 0 Å². The number of aliphatic imine (C=N–C) groups is 1. The van der Waals surface area contributed by atoms with Crippen LogP contribution in [-0.4, -0.2) is 16.1 Å². The van der Waals surface area contributed by atoms with Gasteiger partial charge in [-0.2, -0.15) is 5.26 Å². The molecule has 0 N–H and O–H groups in total. The molecule has 0 bridgehead atoms. The summed E-state index contributed by atoms with van der Waals surface area (Å²) in [6.07, 6.45) is 9.93. The maximum absolute atomic E-state index is 14.5. The van der Waals surface area contributed by atoms with E-state index < -0.39 is 5.82 Å². The van der Waals surface area contributed by atoms with Gasteiger partial charge in [-0.25, -0.2) is 4.39 Å². The molecular formula is C28H25FN4. The van der Waals surface area contributed by atoms with Gasteiger partial charge in [-0.3, -0.25) is 9.98 Å². The Morgan fingerprint density at radius 1 is 1.30 bits per heavy atom. The first kappa shape index (κ1) is 22.2. The van der Waals surface area contributed by atoms with Crippen LogP contribution in [0.3, 0.4) is 0 Å². The second-order valence-corrected chi connectivity index (χ2v) is 7.88. The number of nitriles is 1. The van der Waals surface area contributed by atoms with Gasteiger partial charge in [0.25, 0.3) is 0 Å². The van der Waals surface area contributed by atoms with Crippen LogP contribution in [-0.2, 0) is 6.42 Å². The summed E-state index contributed by atoms with van der Waals surface area (Å²) in [6.45, 7) is 12.3. The van der Waals surface area contributed by atoms with Crippen molar-refractivity contribution in [2.45, 2.75) is 33.1 Å². The minimum atomic E-state index is -0.552. The van der Waals surface area contributed by atoms with Crippen LogP contribution >= 0.6 is 0 Å². The van der Waals surface area contributed by atoms with Gasteiger partial charge in [0.2, 0.25) is 0 Å². The summed E-state index contributed by atoms with van der Waals surface area (Å²) in [4.78, 5) is 11.2. The number of hydrogen-bond donors (Lipinski definition) is 0. The lowest BCUT2D eigenvalue weighted by Gasteiger charge is -2.38. The summed E-state index contributed by atoms with van der Waals surface area (Å²) in [5.41, 5.74) is 7.54. The van der Waals surface area contributed by atoms with Crippen LogP contribution in [0.25, 0.3) is 11.1 Å². The van der Waals surface area contributed by atoms with Gasteiger partial charge in [-0.05, 0) is 50.0 Å². The molecule has 2 heterocycles. The van der Waals surface area contributed by atoms with Gasteiger partial charge in [-0.15, -0.1) is 0 Å². The van der Waals surface area contributed by atoms with Gasteiger partial charge < -0.3 is 4.90 Å². The van der Waals surface area contributed by atoms with Crippen molar-refractivity contribution in [1.29, 1.82) is 5.26 Å². The lowest BCUT2D eigenvalue weighted by Crippen LogP contribution is -2.29. The molecule has 33 heavy (non-hydrogen) atoms. The normalized spacial score (nSPS) is 15.8. The van der Waals surface area contributed by atoms with Crippen molar-refractivity contribution in [2.24, 2.45) is 4.99 Å². The summed E-state index contributed by atoms with van der Waals surface area (Å²) >= 11 is 0. The maximum Gasteiger partial charge on any atom is 0.141 e. The molecule has 0 atom stereocenters. The zero-order chi connectivity index (χ0) is 23.5. The van der Waals surface area contributed by atoms with Gasteiger partial charge in [0.15, 0.2) is 0 Å². The lowest BCUT2D eigenvalue weighted by molar-refractivity contribution is 0.538. The Bertz CT molecular complexity index is 1320. The van der Waals surface area contributed by atoms with Crippen LogP contribution in [0, 0.1) is 17.1 Å². The van der Waals surface area contributed by atoms with Crippen LogP contribution < -0.4 is 0 Å². The largest absolute Gasteiger partial charge is 0.312 e. The zero-order valence-electron chi connectivity index (χ0n) is 18.9. The predicted octanol–water partition coefficient (Wildman–Crippen LogP) is 6.56. The average Bonchev–Trinajstić information content (AvgIpc) is 2.84. The van der Waals surface area contributed by atoms with Crippen molar-refractivity contribution < 1.29 is 4.39 Å². The highest BCUT2D eigenvalue weighted by molar-refractivity contribution is 5.97. The number of allylic oxidation sites excluding steroid dienone is 7. The van der Waals surface area contributed by atoms with Crippen LogP contribution in [0.2, 0.25) is 0 Å². The Morgan fingerprint density at radius 3 is 2.85 bits per heavy atom. The van der Waals surface area contributed by atoms with E-state index in [2.05, 4.69) is 34.1 Å². The molecule has 0 amide bonds. The molecule has 1 aromatic heterocycles. The Kier molecular flexibility index (Phi) is 6.19. The van der Waals surface area contributed by atoms with Crippen molar-refractivity contribution in [3.8, 4) is 6.07 Å². The van der Waals surface area contributed by atoms with E-state index in [-0.39, 0.29) is 5.56 Å². The number of benzene rings is 1. The molecule has 0 radical (unpaired) electrons. The third-order valence-electron chi connectivity index (χ3n) is 5.98. The summed E-state index contributed by atoms with van der Waals surface area (Å²) < 4.78 is 14.5. The first-order valence-corrected chi connectivity index (χ1v) is 11.0. The van der Waals surface area contributed by atoms with E-state index in [1.54, 1.807) is 24.5 Å².